The predicted octanol–water partition coefficient (Wildman–Crippen LogP) is 3.29. The van der Waals surface area contributed by atoms with Crippen LogP contribution in [0.15, 0.2) is 24.3 Å². The number of benzene rings is 1. The first kappa shape index (κ1) is 16.0. The highest BCUT2D eigenvalue weighted by Crippen LogP contribution is 2.21. The van der Waals surface area contributed by atoms with Crippen molar-refractivity contribution in [2.45, 2.75) is 51.7 Å². The lowest BCUT2D eigenvalue weighted by Gasteiger charge is -2.23. The number of hydrogen-bond acceptors (Lipinski definition) is 3. The van der Waals surface area contributed by atoms with Gasteiger partial charge in [0.25, 0.3) is 0 Å². The van der Waals surface area contributed by atoms with Crippen LogP contribution in [0.25, 0.3) is 0 Å². The van der Waals surface area contributed by atoms with Gasteiger partial charge >= 0.3 is 0 Å². The van der Waals surface area contributed by atoms with Crippen LogP contribution in [-0.2, 0) is 0 Å². The maximum absolute atomic E-state index is 10.4. The summed E-state index contributed by atoms with van der Waals surface area (Å²) in [7, 11) is 1.65. The van der Waals surface area contributed by atoms with Crippen LogP contribution in [0.4, 0.5) is 0 Å². The highest BCUT2D eigenvalue weighted by Gasteiger charge is 2.18. The lowest BCUT2D eigenvalue weighted by Crippen LogP contribution is -2.35. The molecule has 0 amide bonds. The average Bonchev–Trinajstić information content (AvgIpc) is 2.47. The van der Waals surface area contributed by atoms with Gasteiger partial charge in [0.2, 0.25) is 0 Å². The summed E-state index contributed by atoms with van der Waals surface area (Å²) in [5.74, 6) is 0.819. The van der Waals surface area contributed by atoms with E-state index in [0.717, 1.165) is 24.3 Å². The van der Waals surface area contributed by atoms with E-state index < -0.39 is 6.10 Å². The Morgan fingerprint density at radius 2 is 1.84 bits per heavy atom. The van der Waals surface area contributed by atoms with E-state index in [0.29, 0.717) is 0 Å². The molecule has 0 radical (unpaired) electrons. The molecule has 0 heterocycles. The van der Waals surface area contributed by atoms with E-state index in [9.17, 15) is 5.11 Å². The summed E-state index contributed by atoms with van der Waals surface area (Å²) in [6.45, 7) is 5.27. The smallest absolute Gasteiger partial charge is 0.118 e. The second kappa shape index (κ2) is 8.94. The summed E-state index contributed by atoms with van der Waals surface area (Å²) in [5, 5.41) is 13.8. The van der Waals surface area contributed by atoms with Crippen LogP contribution >= 0.6 is 0 Å². The zero-order valence-electron chi connectivity index (χ0n) is 12.4. The summed E-state index contributed by atoms with van der Waals surface area (Å²) in [4.78, 5) is 0. The van der Waals surface area contributed by atoms with Gasteiger partial charge in [0.15, 0.2) is 0 Å². The van der Waals surface area contributed by atoms with Crippen molar-refractivity contribution in [2.75, 3.05) is 13.7 Å². The Hall–Kier alpha value is -1.06. The zero-order valence-corrected chi connectivity index (χ0v) is 12.4. The van der Waals surface area contributed by atoms with Gasteiger partial charge in [-0.1, -0.05) is 38.8 Å². The Bertz CT molecular complexity index is 337. The molecule has 0 fully saturated rings. The molecule has 2 atom stereocenters. The molecule has 2 N–H and O–H groups in total. The third-order valence-corrected chi connectivity index (χ3v) is 3.47. The van der Waals surface area contributed by atoms with E-state index in [2.05, 4.69) is 19.2 Å². The van der Waals surface area contributed by atoms with Crippen LogP contribution in [0, 0.1) is 0 Å². The number of methoxy groups -OCH3 is 1. The van der Waals surface area contributed by atoms with Crippen LogP contribution in [0.5, 0.6) is 5.75 Å². The molecule has 2 unspecified atom stereocenters. The fourth-order valence-electron chi connectivity index (χ4n) is 2.18. The summed E-state index contributed by atoms with van der Waals surface area (Å²) >= 11 is 0. The molecule has 0 aliphatic heterocycles. The minimum atomic E-state index is -0.461. The molecule has 3 heteroatoms. The van der Waals surface area contributed by atoms with E-state index in [1.807, 2.05) is 24.3 Å². The first-order valence-electron chi connectivity index (χ1n) is 7.28. The fraction of sp³-hybridized carbons (Fsp3) is 0.625. The normalized spacial score (nSPS) is 14.1. The minimum Gasteiger partial charge on any atom is -0.497 e. The quantitative estimate of drug-likeness (QED) is 0.673. The van der Waals surface area contributed by atoms with Crippen LogP contribution < -0.4 is 10.1 Å². The van der Waals surface area contributed by atoms with Gasteiger partial charge in [0.1, 0.15) is 5.75 Å². The molecule has 0 saturated heterocycles. The standard InChI is InChI=1S/C16H27NO2/c1-4-6-7-12-17-15(5-2)16(18)13-8-10-14(19-3)11-9-13/h8-11,15-18H,4-7,12H2,1-3H3. The second-order valence-electron chi connectivity index (χ2n) is 4.89. The third-order valence-electron chi connectivity index (χ3n) is 3.47. The van der Waals surface area contributed by atoms with E-state index in [4.69, 9.17) is 4.74 Å². The molecule has 108 valence electrons. The predicted molar refractivity (Wildman–Crippen MR) is 79.6 cm³/mol. The van der Waals surface area contributed by atoms with Gasteiger partial charge in [-0.25, -0.2) is 0 Å². The largest absolute Gasteiger partial charge is 0.497 e. The van der Waals surface area contributed by atoms with Gasteiger partial charge in [0, 0.05) is 6.04 Å². The molecule has 0 bridgehead atoms. The molecule has 1 aromatic rings. The molecular weight excluding hydrogens is 238 g/mol. The lowest BCUT2D eigenvalue weighted by atomic mass is 10.00. The Kier molecular flexibility index (Phi) is 7.53. The molecule has 0 saturated carbocycles. The Morgan fingerprint density at radius 1 is 1.16 bits per heavy atom. The Morgan fingerprint density at radius 3 is 2.37 bits per heavy atom. The monoisotopic (exact) mass is 265 g/mol. The maximum atomic E-state index is 10.4. The lowest BCUT2D eigenvalue weighted by molar-refractivity contribution is 0.126. The van der Waals surface area contributed by atoms with Gasteiger partial charge < -0.3 is 15.2 Å². The number of unbranched alkanes of at least 4 members (excludes halogenated alkanes) is 2. The number of rotatable bonds is 9. The molecule has 0 aliphatic carbocycles. The van der Waals surface area contributed by atoms with Gasteiger partial charge in [-0.2, -0.15) is 0 Å². The summed E-state index contributed by atoms with van der Waals surface area (Å²) in [6, 6.07) is 7.76. The molecule has 3 nitrogen and oxygen atoms in total. The van der Waals surface area contributed by atoms with Gasteiger partial charge in [-0.3, -0.25) is 0 Å². The Labute approximate surface area is 117 Å². The highest BCUT2D eigenvalue weighted by molar-refractivity contribution is 5.29. The van der Waals surface area contributed by atoms with Crippen molar-refractivity contribution >= 4 is 0 Å². The zero-order chi connectivity index (χ0) is 14.1. The van der Waals surface area contributed by atoms with Crippen molar-refractivity contribution in [2.24, 2.45) is 0 Å². The van der Waals surface area contributed by atoms with Crippen molar-refractivity contribution < 1.29 is 9.84 Å². The molecule has 0 aliphatic rings. The van der Waals surface area contributed by atoms with E-state index in [1.165, 1.54) is 19.3 Å². The van der Waals surface area contributed by atoms with E-state index in [1.54, 1.807) is 7.11 Å². The first-order valence-corrected chi connectivity index (χ1v) is 7.28. The summed E-state index contributed by atoms with van der Waals surface area (Å²) in [5.41, 5.74) is 0.940. The molecule has 19 heavy (non-hydrogen) atoms. The van der Waals surface area contributed by atoms with Crippen molar-refractivity contribution in [3.63, 3.8) is 0 Å². The minimum absolute atomic E-state index is 0.116. The number of hydrogen-bond donors (Lipinski definition) is 2. The van der Waals surface area contributed by atoms with Crippen molar-refractivity contribution in [1.82, 2.24) is 5.32 Å². The second-order valence-corrected chi connectivity index (χ2v) is 4.89. The van der Waals surface area contributed by atoms with Crippen LogP contribution in [0.2, 0.25) is 0 Å². The summed E-state index contributed by atoms with van der Waals surface area (Å²) in [6.07, 6.45) is 4.08. The van der Waals surface area contributed by atoms with Gasteiger partial charge in [0.05, 0.1) is 13.2 Å². The number of aliphatic hydroxyl groups is 1. The van der Waals surface area contributed by atoms with Crippen LogP contribution in [-0.4, -0.2) is 24.8 Å². The highest BCUT2D eigenvalue weighted by atomic mass is 16.5. The molecule has 0 aromatic heterocycles. The average molecular weight is 265 g/mol. The molecule has 0 spiro atoms. The fourth-order valence-corrected chi connectivity index (χ4v) is 2.18. The van der Waals surface area contributed by atoms with E-state index in [-0.39, 0.29) is 6.04 Å². The Balaban J connectivity index is 2.53. The van der Waals surface area contributed by atoms with Gasteiger partial charge in [-0.05, 0) is 37.1 Å². The van der Waals surface area contributed by atoms with Crippen molar-refractivity contribution in [1.29, 1.82) is 0 Å². The van der Waals surface area contributed by atoms with Crippen LogP contribution in [0.1, 0.15) is 51.2 Å². The molecule has 1 aromatic carbocycles. The van der Waals surface area contributed by atoms with Crippen molar-refractivity contribution in [3.8, 4) is 5.75 Å². The molecule has 1 rings (SSSR count). The SMILES string of the molecule is CCCCCNC(CC)C(O)c1ccc(OC)cc1. The molecular formula is C16H27NO2. The third kappa shape index (κ3) is 5.21. The number of nitrogens with one attached hydrogen (secondary N) is 1. The number of aliphatic hydroxyl groups excluding tert-OH is 1. The number of ether oxygens (including phenoxy) is 1. The van der Waals surface area contributed by atoms with Crippen LogP contribution in [0.3, 0.4) is 0 Å². The topological polar surface area (TPSA) is 41.5 Å². The van der Waals surface area contributed by atoms with E-state index >= 15 is 0 Å². The summed E-state index contributed by atoms with van der Waals surface area (Å²) < 4.78 is 5.13. The van der Waals surface area contributed by atoms with Gasteiger partial charge in [-0.15, -0.1) is 0 Å². The first-order chi connectivity index (χ1) is 9.22. The maximum Gasteiger partial charge on any atom is 0.118 e. The van der Waals surface area contributed by atoms with Crippen molar-refractivity contribution in [3.05, 3.63) is 29.8 Å².